The van der Waals surface area contributed by atoms with Crippen molar-refractivity contribution >= 4 is 64.9 Å². The van der Waals surface area contributed by atoms with Gasteiger partial charge < -0.3 is 4.57 Å². The van der Waals surface area contributed by atoms with Crippen LogP contribution in [0.1, 0.15) is 0 Å². The summed E-state index contributed by atoms with van der Waals surface area (Å²) in [6, 6.07) is 64.5. The fraction of sp³-hybridized carbons (Fsp3) is 0. The molecule has 0 fully saturated rings. The Bertz CT molecular complexity index is 3230. The first-order valence-electron chi connectivity index (χ1n) is 17.9. The molecule has 0 bridgehead atoms. The molecule has 0 atom stereocenters. The highest BCUT2D eigenvalue weighted by molar-refractivity contribution is 6.23. The van der Waals surface area contributed by atoms with E-state index in [1.807, 2.05) is 18.2 Å². The summed E-state index contributed by atoms with van der Waals surface area (Å²) < 4.78 is 2.36. The molecule has 0 unspecified atom stereocenters. The van der Waals surface area contributed by atoms with Crippen molar-refractivity contribution in [2.45, 2.75) is 0 Å². The highest BCUT2D eigenvalue weighted by Crippen LogP contribution is 2.39. The van der Waals surface area contributed by atoms with Gasteiger partial charge in [-0.3, -0.25) is 0 Å². The third-order valence-electron chi connectivity index (χ3n) is 10.6. The molecule has 2 aromatic heterocycles. The highest BCUT2D eigenvalue weighted by atomic mass is 15.0. The van der Waals surface area contributed by atoms with Gasteiger partial charge in [-0.05, 0) is 79.5 Å². The van der Waals surface area contributed by atoms with E-state index in [1.54, 1.807) is 0 Å². The molecule has 0 aliphatic heterocycles. The van der Waals surface area contributed by atoms with Crippen LogP contribution in [0, 0.1) is 0 Å². The maximum atomic E-state index is 5.28. The van der Waals surface area contributed by atoms with Gasteiger partial charge in [-0.15, -0.1) is 0 Å². The lowest BCUT2D eigenvalue weighted by Crippen LogP contribution is -2.01. The average Bonchev–Trinajstić information content (AvgIpc) is 3.55. The Hall–Kier alpha value is -7.17. The first-order valence-corrected chi connectivity index (χ1v) is 17.9. The van der Waals surface area contributed by atoms with E-state index in [1.165, 1.54) is 48.6 Å². The van der Waals surface area contributed by atoms with Crippen LogP contribution in [-0.2, 0) is 0 Å². The van der Waals surface area contributed by atoms with Gasteiger partial charge in [-0.1, -0.05) is 146 Å². The second-order valence-electron chi connectivity index (χ2n) is 13.6. The van der Waals surface area contributed by atoms with Crippen molar-refractivity contribution in [1.29, 1.82) is 0 Å². The van der Waals surface area contributed by atoms with Crippen LogP contribution < -0.4 is 0 Å². The van der Waals surface area contributed by atoms with Gasteiger partial charge in [-0.25, -0.2) is 15.0 Å². The third-order valence-corrected chi connectivity index (χ3v) is 10.6. The first kappa shape index (κ1) is 29.5. The second kappa shape index (κ2) is 11.7. The number of fused-ring (bicyclic) bond motifs is 9. The van der Waals surface area contributed by atoms with E-state index in [2.05, 4.69) is 168 Å². The Morgan fingerprint density at radius 3 is 1.75 bits per heavy atom. The van der Waals surface area contributed by atoms with Crippen molar-refractivity contribution in [3.8, 4) is 39.9 Å². The Labute approximate surface area is 305 Å². The topological polar surface area (TPSA) is 43.6 Å². The molecule has 0 saturated carbocycles. The van der Waals surface area contributed by atoms with Crippen molar-refractivity contribution < 1.29 is 0 Å². The van der Waals surface area contributed by atoms with Crippen molar-refractivity contribution in [3.63, 3.8) is 0 Å². The molecule has 11 aromatic rings. The van der Waals surface area contributed by atoms with Crippen LogP contribution in [0.4, 0.5) is 0 Å². The number of hydrogen-bond acceptors (Lipinski definition) is 3. The number of para-hydroxylation sites is 1. The maximum absolute atomic E-state index is 5.28. The summed E-state index contributed by atoms with van der Waals surface area (Å²) in [5.41, 5.74) is 6.22. The molecular weight excluding hydrogens is 645 g/mol. The van der Waals surface area contributed by atoms with Crippen molar-refractivity contribution in [1.82, 2.24) is 19.5 Å². The Morgan fingerprint density at radius 2 is 0.925 bits per heavy atom. The highest BCUT2D eigenvalue weighted by Gasteiger charge is 2.18. The number of benzene rings is 9. The van der Waals surface area contributed by atoms with Crippen LogP contribution in [0.2, 0.25) is 0 Å². The fourth-order valence-electron chi connectivity index (χ4n) is 8.12. The normalized spacial score (nSPS) is 11.8. The van der Waals surface area contributed by atoms with Gasteiger partial charge in [0.15, 0.2) is 17.5 Å². The summed E-state index contributed by atoms with van der Waals surface area (Å²) in [4.78, 5) is 15.6. The molecule has 0 aliphatic rings. The summed E-state index contributed by atoms with van der Waals surface area (Å²) >= 11 is 0. The van der Waals surface area contributed by atoms with Gasteiger partial charge >= 0.3 is 0 Å². The largest absolute Gasteiger partial charge is 0.309 e. The Kier molecular flexibility index (Phi) is 6.52. The summed E-state index contributed by atoms with van der Waals surface area (Å²) in [7, 11) is 0. The average molecular weight is 675 g/mol. The van der Waals surface area contributed by atoms with E-state index in [4.69, 9.17) is 15.0 Å². The zero-order valence-corrected chi connectivity index (χ0v) is 28.6. The number of rotatable bonds is 4. The SMILES string of the molecule is c1ccc(-c2nc(-c3cccc(-n4c5ccccc5c5cc6ccccc6cc54)c3)nc(-c3cc4ccc5ccccc5c4c4ccccc34)n2)cc1. The molecular formula is C49H30N4. The molecule has 246 valence electrons. The smallest absolute Gasteiger partial charge is 0.164 e. The van der Waals surface area contributed by atoms with E-state index >= 15 is 0 Å². The lowest BCUT2D eigenvalue weighted by molar-refractivity contribution is 1.07. The van der Waals surface area contributed by atoms with Gasteiger partial charge in [0.05, 0.1) is 11.0 Å². The fourth-order valence-corrected chi connectivity index (χ4v) is 8.12. The maximum Gasteiger partial charge on any atom is 0.164 e. The van der Waals surface area contributed by atoms with Crippen LogP contribution in [0.5, 0.6) is 0 Å². The predicted molar refractivity (Wildman–Crippen MR) is 220 cm³/mol. The lowest BCUT2D eigenvalue weighted by Gasteiger charge is -2.14. The van der Waals surface area contributed by atoms with E-state index in [0.29, 0.717) is 17.5 Å². The van der Waals surface area contributed by atoms with Crippen LogP contribution in [0.25, 0.3) is 105 Å². The molecule has 4 nitrogen and oxygen atoms in total. The van der Waals surface area contributed by atoms with E-state index in [-0.39, 0.29) is 0 Å². The number of nitrogens with zero attached hydrogens (tertiary/aromatic N) is 4. The molecule has 4 heteroatoms. The minimum absolute atomic E-state index is 0.629. The van der Waals surface area contributed by atoms with Crippen LogP contribution in [-0.4, -0.2) is 19.5 Å². The minimum atomic E-state index is 0.629. The van der Waals surface area contributed by atoms with E-state index < -0.39 is 0 Å². The van der Waals surface area contributed by atoms with E-state index in [9.17, 15) is 0 Å². The third kappa shape index (κ3) is 4.73. The zero-order chi connectivity index (χ0) is 34.9. The predicted octanol–water partition coefficient (Wildman–Crippen LogP) is 12.6. The molecule has 0 amide bonds. The molecule has 0 saturated heterocycles. The molecule has 11 rings (SSSR count). The molecule has 0 aliphatic carbocycles. The van der Waals surface area contributed by atoms with Crippen LogP contribution >= 0.6 is 0 Å². The van der Waals surface area contributed by atoms with Crippen molar-refractivity contribution in [2.75, 3.05) is 0 Å². The van der Waals surface area contributed by atoms with Crippen LogP contribution in [0.15, 0.2) is 182 Å². The minimum Gasteiger partial charge on any atom is -0.309 e. The molecule has 0 radical (unpaired) electrons. The summed E-state index contributed by atoms with van der Waals surface area (Å²) in [6.45, 7) is 0. The zero-order valence-electron chi connectivity index (χ0n) is 28.6. The number of aromatic nitrogens is 4. The van der Waals surface area contributed by atoms with Gasteiger partial charge in [-0.2, -0.15) is 0 Å². The molecule has 9 aromatic carbocycles. The standard InChI is InChI=1S/C49H30N4/c1-2-14-32(15-3-1)47-50-48(52-49(51-47)43-29-35-26-25-31-13-6-7-20-38(31)46(35)41-23-9-8-21-39(41)43)36-18-12-19-37(27-36)53-44-24-11-10-22-40(44)42-28-33-16-4-5-17-34(33)30-45(42)53/h1-30H. The van der Waals surface area contributed by atoms with Gasteiger partial charge in [0.25, 0.3) is 0 Å². The lowest BCUT2D eigenvalue weighted by atomic mass is 9.93. The summed E-state index contributed by atoms with van der Waals surface area (Å²) in [6.07, 6.45) is 0. The monoisotopic (exact) mass is 674 g/mol. The van der Waals surface area contributed by atoms with Gasteiger partial charge in [0.2, 0.25) is 0 Å². The van der Waals surface area contributed by atoms with Gasteiger partial charge in [0, 0.05) is 33.2 Å². The number of hydrogen-bond donors (Lipinski definition) is 0. The molecule has 0 spiro atoms. The molecule has 2 heterocycles. The van der Waals surface area contributed by atoms with E-state index in [0.717, 1.165) is 38.7 Å². The van der Waals surface area contributed by atoms with Crippen molar-refractivity contribution in [3.05, 3.63) is 182 Å². The first-order chi connectivity index (χ1) is 26.3. The summed E-state index contributed by atoms with van der Waals surface area (Å²) in [5.74, 6) is 1.92. The summed E-state index contributed by atoms with van der Waals surface area (Å²) in [5, 5.41) is 12.1. The second-order valence-corrected chi connectivity index (χ2v) is 13.6. The Morgan fingerprint density at radius 1 is 0.321 bits per heavy atom. The van der Waals surface area contributed by atoms with Gasteiger partial charge in [0.1, 0.15) is 0 Å². The van der Waals surface area contributed by atoms with Crippen molar-refractivity contribution in [2.24, 2.45) is 0 Å². The molecule has 0 N–H and O–H groups in total. The van der Waals surface area contributed by atoms with Crippen LogP contribution in [0.3, 0.4) is 0 Å². The quantitative estimate of drug-likeness (QED) is 0.175. The molecule has 53 heavy (non-hydrogen) atoms. The Balaban J connectivity index is 1.15.